The van der Waals surface area contributed by atoms with E-state index in [0.717, 1.165) is 33.0 Å². The van der Waals surface area contributed by atoms with E-state index in [0.29, 0.717) is 6.61 Å². The summed E-state index contributed by atoms with van der Waals surface area (Å²) in [6, 6.07) is 14.6. The Kier molecular flexibility index (Phi) is 5.01. The number of aromatic nitrogens is 2. The number of rotatable bonds is 5. The molecule has 0 radical (unpaired) electrons. The van der Waals surface area contributed by atoms with Crippen molar-refractivity contribution in [2.24, 2.45) is 0 Å². The number of aryl methyl sites for hydroxylation is 3. The molecule has 0 amide bonds. The first kappa shape index (κ1) is 18.4. The van der Waals surface area contributed by atoms with E-state index in [1.54, 1.807) is 17.7 Å². The standard InChI is InChI=1S/C23H23N3OS/c1-5-27-18-10-8-17(9-11-18)20-16(4)28-23-21(20)22(24-13-25-23)26-19-12-14(2)6-7-15(19)3/h6-13H,5H2,1-4H3,(H,24,25,26). The van der Waals surface area contributed by atoms with E-state index in [1.165, 1.54) is 21.6 Å². The van der Waals surface area contributed by atoms with Crippen LogP contribution >= 0.6 is 11.3 Å². The highest BCUT2D eigenvalue weighted by Gasteiger charge is 2.17. The highest BCUT2D eigenvalue weighted by Crippen LogP contribution is 2.41. The van der Waals surface area contributed by atoms with Crippen LogP contribution in [0.25, 0.3) is 21.3 Å². The van der Waals surface area contributed by atoms with Crippen LogP contribution in [0.1, 0.15) is 22.9 Å². The van der Waals surface area contributed by atoms with Crippen molar-refractivity contribution in [2.75, 3.05) is 11.9 Å². The number of fused-ring (bicyclic) bond motifs is 1. The van der Waals surface area contributed by atoms with Gasteiger partial charge in [-0.3, -0.25) is 0 Å². The topological polar surface area (TPSA) is 47.0 Å². The molecule has 0 aliphatic carbocycles. The van der Waals surface area contributed by atoms with E-state index in [2.05, 4.69) is 66.4 Å². The molecule has 28 heavy (non-hydrogen) atoms. The van der Waals surface area contributed by atoms with Crippen LogP contribution in [0.2, 0.25) is 0 Å². The van der Waals surface area contributed by atoms with Gasteiger partial charge >= 0.3 is 0 Å². The van der Waals surface area contributed by atoms with E-state index >= 15 is 0 Å². The molecule has 0 atom stereocenters. The summed E-state index contributed by atoms with van der Waals surface area (Å²) in [5, 5.41) is 4.61. The lowest BCUT2D eigenvalue weighted by Crippen LogP contribution is -1.98. The van der Waals surface area contributed by atoms with Crippen LogP contribution in [0.4, 0.5) is 11.5 Å². The minimum Gasteiger partial charge on any atom is -0.494 e. The van der Waals surface area contributed by atoms with E-state index in [1.807, 2.05) is 19.1 Å². The molecular weight excluding hydrogens is 366 g/mol. The summed E-state index contributed by atoms with van der Waals surface area (Å²) < 4.78 is 5.59. The van der Waals surface area contributed by atoms with Crippen molar-refractivity contribution >= 4 is 33.1 Å². The Labute approximate surface area is 169 Å². The lowest BCUT2D eigenvalue weighted by molar-refractivity contribution is 0.340. The molecule has 4 nitrogen and oxygen atoms in total. The Morgan fingerprint density at radius 2 is 1.79 bits per heavy atom. The number of thiophene rings is 1. The molecule has 1 N–H and O–H groups in total. The molecule has 0 aliphatic heterocycles. The number of nitrogens with one attached hydrogen (secondary N) is 1. The monoisotopic (exact) mass is 389 g/mol. The van der Waals surface area contributed by atoms with Crippen molar-refractivity contribution in [3.05, 3.63) is 64.8 Å². The number of benzene rings is 2. The van der Waals surface area contributed by atoms with Crippen LogP contribution in [0.3, 0.4) is 0 Å². The van der Waals surface area contributed by atoms with Gasteiger partial charge in [-0.1, -0.05) is 24.3 Å². The molecule has 4 rings (SSSR count). The Morgan fingerprint density at radius 1 is 1.00 bits per heavy atom. The van der Waals surface area contributed by atoms with Gasteiger partial charge in [-0.05, 0) is 62.6 Å². The fourth-order valence-corrected chi connectivity index (χ4v) is 4.38. The van der Waals surface area contributed by atoms with Gasteiger partial charge in [-0.25, -0.2) is 9.97 Å². The molecular formula is C23H23N3OS. The summed E-state index contributed by atoms with van der Waals surface area (Å²) in [4.78, 5) is 11.3. The third kappa shape index (κ3) is 3.45. The maximum atomic E-state index is 5.59. The Morgan fingerprint density at radius 3 is 2.54 bits per heavy atom. The highest BCUT2D eigenvalue weighted by atomic mass is 32.1. The van der Waals surface area contributed by atoms with Crippen LogP contribution in [-0.4, -0.2) is 16.6 Å². The molecule has 142 valence electrons. The molecule has 0 bridgehead atoms. The fraction of sp³-hybridized carbons (Fsp3) is 0.217. The predicted molar refractivity (Wildman–Crippen MR) is 118 cm³/mol. The Bertz CT molecular complexity index is 1130. The van der Waals surface area contributed by atoms with Gasteiger partial charge in [0.1, 0.15) is 22.7 Å². The van der Waals surface area contributed by atoms with Crippen molar-refractivity contribution in [3.63, 3.8) is 0 Å². The van der Waals surface area contributed by atoms with Gasteiger partial charge in [0.05, 0.1) is 12.0 Å². The summed E-state index contributed by atoms with van der Waals surface area (Å²) in [6.07, 6.45) is 1.63. The van der Waals surface area contributed by atoms with Crippen LogP contribution in [0, 0.1) is 20.8 Å². The predicted octanol–water partition coefficient (Wildman–Crippen LogP) is 6.43. The lowest BCUT2D eigenvalue weighted by atomic mass is 10.0. The van der Waals surface area contributed by atoms with Crippen molar-refractivity contribution in [1.29, 1.82) is 0 Å². The third-order valence-electron chi connectivity index (χ3n) is 4.76. The molecule has 2 aromatic carbocycles. The summed E-state index contributed by atoms with van der Waals surface area (Å²) >= 11 is 1.70. The first-order valence-electron chi connectivity index (χ1n) is 9.38. The van der Waals surface area contributed by atoms with E-state index < -0.39 is 0 Å². The average molecular weight is 390 g/mol. The van der Waals surface area contributed by atoms with Crippen LogP contribution in [0.5, 0.6) is 5.75 Å². The maximum absolute atomic E-state index is 5.59. The minimum absolute atomic E-state index is 0.664. The largest absolute Gasteiger partial charge is 0.494 e. The number of ether oxygens (including phenoxy) is 1. The quantitative estimate of drug-likeness (QED) is 0.427. The van der Waals surface area contributed by atoms with Crippen molar-refractivity contribution in [1.82, 2.24) is 9.97 Å². The fourth-order valence-electron chi connectivity index (χ4n) is 3.37. The van der Waals surface area contributed by atoms with Crippen molar-refractivity contribution in [2.45, 2.75) is 27.7 Å². The first-order valence-corrected chi connectivity index (χ1v) is 10.2. The van der Waals surface area contributed by atoms with Gasteiger partial charge < -0.3 is 10.1 Å². The lowest BCUT2D eigenvalue weighted by Gasteiger charge is -2.12. The molecule has 5 heteroatoms. The van der Waals surface area contributed by atoms with Gasteiger partial charge in [0.25, 0.3) is 0 Å². The molecule has 0 unspecified atom stereocenters. The maximum Gasteiger partial charge on any atom is 0.143 e. The van der Waals surface area contributed by atoms with Gasteiger partial charge in [0, 0.05) is 16.1 Å². The zero-order valence-corrected chi connectivity index (χ0v) is 17.4. The second-order valence-electron chi connectivity index (χ2n) is 6.84. The summed E-state index contributed by atoms with van der Waals surface area (Å²) in [5.74, 6) is 1.72. The summed E-state index contributed by atoms with van der Waals surface area (Å²) in [7, 11) is 0. The molecule has 2 heterocycles. The van der Waals surface area contributed by atoms with Crippen LogP contribution in [0.15, 0.2) is 48.8 Å². The van der Waals surface area contributed by atoms with Gasteiger partial charge in [-0.2, -0.15) is 0 Å². The van der Waals surface area contributed by atoms with Crippen molar-refractivity contribution in [3.8, 4) is 16.9 Å². The van der Waals surface area contributed by atoms with Gasteiger partial charge in [0.2, 0.25) is 0 Å². The highest BCUT2D eigenvalue weighted by molar-refractivity contribution is 7.19. The molecule has 2 aromatic heterocycles. The third-order valence-corrected chi connectivity index (χ3v) is 5.78. The molecule has 0 saturated carbocycles. The van der Waals surface area contributed by atoms with E-state index in [-0.39, 0.29) is 0 Å². The molecule has 0 saturated heterocycles. The number of hydrogen-bond acceptors (Lipinski definition) is 5. The molecule has 0 fully saturated rings. The second kappa shape index (κ2) is 7.60. The first-order chi connectivity index (χ1) is 13.6. The smallest absolute Gasteiger partial charge is 0.143 e. The summed E-state index contributed by atoms with van der Waals surface area (Å²) in [6.45, 7) is 9.00. The van der Waals surface area contributed by atoms with Crippen molar-refractivity contribution < 1.29 is 4.74 Å². The SMILES string of the molecule is CCOc1ccc(-c2c(C)sc3ncnc(Nc4cc(C)ccc4C)c23)cc1. The number of anilines is 2. The second-order valence-corrected chi connectivity index (χ2v) is 8.04. The van der Waals surface area contributed by atoms with Crippen LogP contribution in [-0.2, 0) is 0 Å². The zero-order chi connectivity index (χ0) is 19.7. The summed E-state index contributed by atoms with van der Waals surface area (Å²) in [5.41, 5.74) is 5.79. The molecule has 4 aromatic rings. The molecule has 0 spiro atoms. The van der Waals surface area contributed by atoms with E-state index in [4.69, 9.17) is 4.74 Å². The van der Waals surface area contributed by atoms with Gasteiger partial charge in [0.15, 0.2) is 0 Å². The molecule has 0 aliphatic rings. The van der Waals surface area contributed by atoms with E-state index in [9.17, 15) is 0 Å². The van der Waals surface area contributed by atoms with Gasteiger partial charge in [-0.15, -0.1) is 11.3 Å². The number of nitrogens with zero attached hydrogens (tertiary/aromatic N) is 2. The zero-order valence-electron chi connectivity index (χ0n) is 16.5. The number of hydrogen-bond donors (Lipinski definition) is 1. The minimum atomic E-state index is 0.664. The average Bonchev–Trinajstić information content (AvgIpc) is 3.02. The Hall–Kier alpha value is -2.92. The van der Waals surface area contributed by atoms with Crippen LogP contribution < -0.4 is 10.1 Å². The Balaban J connectivity index is 1.84. The normalized spacial score (nSPS) is 11.0.